The quantitative estimate of drug-likeness (QED) is 0.800. The van der Waals surface area contributed by atoms with Gasteiger partial charge in [-0.05, 0) is 30.7 Å². The second-order valence-corrected chi connectivity index (χ2v) is 6.37. The summed E-state index contributed by atoms with van der Waals surface area (Å²) in [6, 6.07) is 5.66. The number of fused-ring (bicyclic) bond motifs is 2. The number of amides is 1. The highest BCUT2D eigenvalue weighted by atomic mass is 16.5. The zero-order valence-electron chi connectivity index (χ0n) is 12.0. The van der Waals surface area contributed by atoms with Gasteiger partial charge in [0.25, 0.3) is 0 Å². The van der Waals surface area contributed by atoms with E-state index in [-0.39, 0.29) is 12.0 Å². The molecule has 110 valence electrons. The molecule has 21 heavy (non-hydrogen) atoms. The molecule has 0 N–H and O–H groups in total. The van der Waals surface area contributed by atoms with Crippen molar-refractivity contribution >= 4 is 5.91 Å². The van der Waals surface area contributed by atoms with Gasteiger partial charge < -0.3 is 9.64 Å². The SMILES string of the molecule is O=C(C1CC2C=CC1C2)N1CCC(Oc2ccccn2)C1. The number of carbonyl (C=O) groups excluding carboxylic acids is 1. The lowest BCUT2D eigenvalue weighted by atomic mass is 9.92. The van der Waals surface area contributed by atoms with Gasteiger partial charge in [-0.25, -0.2) is 4.98 Å². The maximum Gasteiger partial charge on any atom is 0.226 e. The van der Waals surface area contributed by atoms with Crippen LogP contribution in [-0.4, -0.2) is 35.0 Å². The van der Waals surface area contributed by atoms with Gasteiger partial charge in [-0.15, -0.1) is 0 Å². The van der Waals surface area contributed by atoms with Crippen molar-refractivity contribution in [1.82, 2.24) is 9.88 Å². The number of likely N-dealkylation sites (tertiary alicyclic amines) is 1. The second kappa shape index (κ2) is 5.17. The van der Waals surface area contributed by atoms with E-state index in [1.807, 2.05) is 23.1 Å². The molecule has 4 heteroatoms. The van der Waals surface area contributed by atoms with Crippen molar-refractivity contribution in [3.63, 3.8) is 0 Å². The maximum absolute atomic E-state index is 12.7. The molecule has 2 heterocycles. The molecule has 2 bridgehead atoms. The van der Waals surface area contributed by atoms with E-state index in [1.54, 1.807) is 6.20 Å². The van der Waals surface area contributed by atoms with E-state index < -0.39 is 0 Å². The Morgan fingerprint density at radius 1 is 1.29 bits per heavy atom. The summed E-state index contributed by atoms with van der Waals surface area (Å²) in [5.74, 6) is 2.33. The van der Waals surface area contributed by atoms with Gasteiger partial charge in [0.2, 0.25) is 11.8 Å². The van der Waals surface area contributed by atoms with Gasteiger partial charge in [-0.3, -0.25) is 4.79 Å². The van der Waals surface area contributed by atoms with Crippen LogP contribution in [0, 0.1) is 17.8 Å². The summed E-state index contributed by atoms with van der Waals surface area (Å²) >= 11 is 0. The van der Waals surface area contributed by atoms with Crippen molar-refractivity contribution in [2.75, 3.05) is 13.1 Å². The van der Waals surface area contributed by atoms with Crippen molar-refractivity contribution in [3.05, 3.63) is 36.5 Å². The Hall–Kier alpha value is -1.84. The molecule has 4 nitrogen and oxygen atoms in total. The molecule has 3 aliphatic rings. The zero-order chi connectivity index (χ0) is 14.2. The lowest BCUT2D eigenvalue weighted by molar-refractivity contribution is -0.135. The van der Waals surface area contributed by atoms with Gasteiger partial charge in [-0.2, -0.15) is 0 Å². The summed E-state index contributed by atoms with van der Waals surface area (Å²) in [4.78, 5) is 18.8. The van der Waals surface area contributed by atoms with Crippen LogP contribution in [0.15, 0.2) is 36.5 Å². The Labute approximate surface area is 124 Å². The molecule has 0 spiro atoms. The molecule has 0 aromatic carbocycles. The summed E-state index contributed by atoms with van der Waals surface area (Å²) in [6.45, 7) is 1.51. The van der Waals surface area contributed by atoms with Crippen LogP contribution in [-0.2, 0) is 4.79 Å². The molecule has 1 amide bonds. The first kappa shape index (κ1) is 12.9. The van der Waals surface area contributed by atoms with Crippen LogP contribution in [0.2, 0.25) is 0 Å². The summed E-state index contributed by atoms with van der Waals surface area (Å²) < 4.78 is 5.86. The molecule has 1 saturated heterocycles. The fourth-order valence-electron chi connectivity index (χ4n) is 3.91. The predicted molar refractivity (Wildman–Crippen MR) is 78.7 cm³/mol. The monoisotopic (exact) mass is 284 g/mol. The lowest BCUT2D eigenvalue weighted by Crippen LogP contribution is -2.37. The Morgan fingerprint density at radius 3 is 2.95 bits per heavy atom. The van der Waals surface area contributed by atoms with E-state index in [1.165, 1.54) is 6.42 Å². The van der Waals surface area contributed by atoms with Crippen LogP contribution < -0.4 is 4.74 Å². The van der Waals surface area contributed by atoms with E-state index >= 15 is 0 Å². The molecule has 1 aromatic rings. The van der Waals surface area contributed by atoms with Crippen molar-refractivity contribution in [3.8, 4) is 5.88 Å². The van der Waals surface area contributed by atoms with Gasteiger partial charge in [0.05, 0.1) is 6.54 Å². The Kier molecular flexibility index (Phi) is 3.17. The fraction of sp³-hybridized carbons (Fsp3) is 0.529. The minimum Gasteiger partial charge on any atom is -0.472 e. The first-order valence-electron chi connectivity index (χ1n) is 7.84. The van der Waals surface area contributed by atoms with Crippen LogP contribution in [0.3, 0.4) is 0 Å². The number of rotatable bonds is 3. The third-order valence-electron chi connectivity index (χ3n) is 4.98. The van der Waals surface area contributed by atoms with Crippen molar-refractivity contribution in [2.45, 2.75) is 25.4 Å². The van der Waals surface area contributed by atoms with Crippen molar-refractivity contribution < 1.29 is 9.53 Å². The van der Waals surface area contributed by atoms with Gasteiger partial charge in [0.1, 0.15) is 6.10 Å². The number of ether oxygens (including phenoxy) is 1. The van der Waals surface area contributed by atoms with Crippen LogP contribution in [0.4, 0.5) is 0 Å². The van der Waals surface area contributed by atoms with Crippen LogP contribution in [0.5, 0.6) is 5.88 Å². The normalized spacial score (nSPS) is 33.6. The van der Waals surface area contributed by atoms with Crippen LogP contribution >= 0.6 is 0 Å². The van der Waals surface area contributed by atoms with E-state index in [0.717, 1.165) is 19.4 Å². The number of pyridine rings is 1. The smallest absolute Gasteiger partial charge is 0.226 e. The minimum atomic E-state index is 0.0815. The predicted octanol–water partition coefficient (Wildman–Crippen LogP) is 2.27. The first-order valence-corrected chi connectivity index (χ1v) is 7.84. The number of nitrogens with zero attached hydrogens (tertiary/aromatic N) is 2. The highest BCUT2D eigenvalue weighted by Gasteiger charge is 2.42. The number of hydrogen-bond donors (Lipinski definition) is 0. The molecule has 1 saturated carbocycles. The van der Waals surface area contributed by atoms with Crippen LogP contribution in [0.25, 0.3) is 0 Å². The summed E-state index contributed by atoms with van der Waals surface area (Å²) in [5, 5.41) is 0. The number of aromatic nitrogens is 1. The molecule has 1 aliphatic heterocycles. The van der Waals surface area contributed by atoms with E-state index in [2.05, 4.69) is 17.1 Å². The highest BCUT2D eigenvalue weighted by Crippen LogP contribution is 2.44. The largest absolute Gasteiger partial charge is 0.472 e. The topological polar surface area (TPSA) is 42.4 Å². The van der Waals surface area contributed by atoms with Crippen molar-refractivity contribution in [1.29, 1.82) is 0 Å². The molecule has 2 fully saturated rings. The number of allylic oxidation sites excluding steroid dienone is 2. The Morgan fingerprint density at radius 2 is 2.24 bits per heavy atom. The Balaban J connectivity index is 1.36. The van der Waals surface area contributed by atoms with Crippen LogP contribution in [0.1, 0.15) is 19.3 Å². The van der Waals surface area contributed by atoms with E-state index in [9.17, 15) is 4.79 Å². The van der Waals surface area contributed by atoms with Gasteiger partial charge in [-0.1, -0.05) is 18.2 Å². The van der Waals surface area contributed by atoms with Gasteiger partial charge in [0, 0.05) is 31.1 Å². The summed E-state index contributed by atoms with van der Waals surface area (Å²) in [6.07, 6.45) is 9.46. The molecule has 4 atom stereocenters. The number of hydrogen-bond acceptors (Lipinski definition) is 3. The fourth-order valence-corrected chi connectivity index (χ4v) is 3.91. The molecular weight excluding hydrogens is 264 g/mol. The third-order valence-corrected chi connectivity index (χ3v) is 4.98. The second-order valence-electron chi connectivity index (χ2n) is 6.37. The molecule has 4 rings (SSSR count). The molecule has 1 aromatic heterocycles. The zero-order valence-corrected chi connectivity index (χ0v) is 12.0. The molecular formula is C17H20N2O2. The molecule has 4 unspecified atom stereocenters. The third kappa shape index (κ3) is 2.43. The van der Waals surface area contributed by atoms with E-state index in [0.29, 0.717) is 30.2 Å². The van der Waals surface area contributed by atoms with Crippen molar-refractivity contribution in [2.24, 2.45) is 17.8 Å². The highest BCUT2D eigenvalue weighted by molar-refractivity contribution is 5.80. The standard InChI is InChI=1S/C17H20N2O2/c20-17(15-10-12-4-5-13(15)9-12)19-8-6-14(11-19)21-16-3-1-2-7-18-16/h1-5,7,12-15H,6,8-11H2. The van der Waals surface area contributed by atoms with Gasteiger partial charge in [0.15, 0.2) is 0 Å². The minimum absolute atomic E-state index is 0.0815. The lowest BCUT2D eigenvalue weighted by Gasteiger charge is -2.24. The van der Waals surface area contributed by atoms with E-state index in [4.69, 9.17) is 4.74 Å². The average Bonchev–Trinajstić information content (AvgIpc) is 3.24. The maximum atomic E-state index is 12.7. The molecule has 2 aliphatic carbocycles. The first-order chi connectivity index (χ1) is 10.3. The summed E-state index contributed by atoms with van der Waals surface area (Å²) in [5.41, 5.74) is 0. The van der Waals surface area contributed by atoms with Gasteiger partial charge >= 0.3 is 0 Å². The Bertz CT molecular complexity index is 557. The molecule has 0 radical (unpaired) electrons. The average molecular weight is 284 g/mol. The number of carbonyl (C=O) groups is 1. The summed E-state index contributed by atoms with van der Waals surface area (Å²) in [7, 11) is 0.